The van der Waals surface area contributed by atoms with Crippen LogP contribution in [0.4, 0.5) is 16.3 Å². The fourth-order valence-electron chi connectivity index (χ4n) is 5.17. The van der Waals surface area contributed by atoms with Crippen molar-refractivity contribution < 1.29 is 14.7 Å². The van der Waals surface area contributed by atoms with Gasteiger partial charge in [-0.3, -0.25) is 14.7 Å². The van der Waals surface area contributed by atoms with Crippen molar-refractivity contribution in [3.05, 3.63) is 82.3 Å². The van der Waals surface area contributed by atoms with Crippen LogP contribution in [0.2, 0.25) is 0 Å². The number of fused-ring (bicyclic) bond motifs is 1. The minimum absolute atomic E-state index is 0.239. The predicted molar refractivity (Wildman–Crippen MR) is 170 cm³/mol. The zero-order valence-electron chi connectivity index (χ0n) is 25.2. The Bertz CT molecular complexity index is 1630. The molecule has 0 spiro atoms. The van der Waals surface area contributed by atoms with Crippen LogP contribution in [0.15, 0.2) is 65.7 Å². The lowest BCUT2D eigenvalue weighted by molar-refractivity contribution is 0.0696. The van der Waals surface area contributed by atoms with Crippen molar-refractivity contribution in [2.24, 2.45) is 0 Å². The molecule has 4 rings (SSSR count). The van der Waals surface area contributed by atoms with Gasteiger partial charge in [0, 0.05) is 61.9 Å². The van der Waals surface area contributed by atoms with Crippen molar-refractivity contribution in [1.82, 2.24) is 24.8 Å². The Morgan fingerprint density at radius 2 is 1.74 bits per heavy atom. The first-order valence-electron chi connectivity index (χ1n) is 14.4. The molecule has 226 valence electrons. The average Bonchev–Trinajstić information content (AvgIpc) is 2.98. The number of rotatable bonds is 12. The highest BCUT2D eigenvalue weighted by molar-refractivity contribution is 5.98. The quantitative estimate of drug-likeness (QED) is 0.181. The summed E-state index contributed by atoms with van der Waals surface area (Å²) in [5.41, 5.74) is 2.42. The first kappa shape index (κ1) is 31.2. The molecule has 3 aromatic heterocycles. The summed E-state index contributed by atoms with van der Waals surface area (Å²) in [5.74, 6) is -1.03. The fourth-order valence-corrected chi connectivity index (χ4v) is 5.17. The normalized spacial score (nSPS) is 11.3. The van der Waals surface area contributed by atoms with Crippen LogP contribution >= 0.6 is 0 Å². The number of carbonyl (C=O) groups excluding carboxylic acids is 1. The third kappa shape index (κ3) is 7.36. The first-order valence-corrected chi connectivity index (χ1v) is 14.4. The van der Waals surface area contributed by atoms with Gasteiger partial charge in [0.05, 0.1) is 11.1 Å². The minimum Gasteiger partial charge on any atom is -0.477 e. The molecule has 3 heterocycles. The number of anilines is 2. The Morgan fingerprint density at radius 1 is 1.02 bits per heavy atom. The Labute approximate surface area is 251 Å². The number of urea groups is 1. The highest BCUT2D eigenvalue weighted by Gasteiger charge is 2.23. The number of hydrogen-bond donors (Lipinski definition) is 4. The minimum atomic E-state index is -1.28. The van der Waals surface area contributed by atoms with Crippen molar-refractivity contribution in [2.45, 2.75) is 59.8 Å². The molecule has 11 nitrogen and oxygen atoms in total. The van der Waals surface area contributed by atoms with E-state index in [1.807, 2.05) is 31.2 Å². The molecule has 43 heavy (non-hydrogen) atoms. The van der Waals surface area contributed by atoms with E-state index >= 15 is 0 Å². The number of pyridine rings is 3. The zero-order chi connectivity index (χ0) is 31.1. The van der Waals surface area contributed by atoms with Gasteiger partial charge in [-0.2, -0.15) is 0 Å². The summed E-state index contributed by atoms with van der Waals surface area (Å²) in [4.78, 5) is 49.1. The molecule has 0 aliphatic heterocycles. The van der Waals surface area contributed by atoms with E-state index in [2.05, 4.69) is 53.5 Å². The Hall–Kier alpha value is -4.77. The first-order chi connectivity index (χ1) is 20.6. The number of amides is 2. The van der Waals surface area contributed by atoms with Gasteiger partial charge in [-0.25, -0.2) is 14.6 Å². The molecule has 2 amide bonds. The van der Waals surface area contributed by atoms with Gasteiger partial charge in [-0.05, 0) is 70.5 Å². The van der Waals surface area contributed by atoms with Crippen LogP contribution in [0.1, 0.15) is 50.5 Å². The molecule has 4 N–H and O–H groups in total. The zero-order valence-corrected chi connectivity index (χ0v) is 25.2. The lowest BCUT2D eigenvalue weighted by Crippen LogP contribution is -2.40. The number of hydrogen-bond acceptors (Lipinski definition) is 7. The highest BCUT2D eigenvalue weighted by Crippen LogP contribution is 2.25. The molecule has 0 aliphatic rings. The smallest absolute Gasteiger partial charge is 0.343 e. The maximum atomic E-state index is 13.4. The molecule has 0 radical (unpaired) electrons. The summed E-state index contributed by atoms with van der Waals surface area (Å²) >= 11 is 0. The SMILES string of the molecule is CCn1c(NCCN(C(C)C)C(C)C)c(C(=O)O)c(=O)c2ccc(-c3ccc(NC(=O)NCc4cccnc4)cc3)nc21. The molecule has 0 saturated heterocycles. The van der Waals surface area contributed by atoms with Gasteiger partial charge >= 0.3 is 12.0 Å². The molecule has 0 aliphatic carbocycles. The van der Waals surface area contributed by atoms with Gasteiger partial charge in [0.15, 0.2) is 0 Å². The summed E-state index contributed by atoms with van der Waals surface area (Å²) in [6, 6.07) is 14.5. The van der Waals surface area contributed by atoms with E-state index in [0.29, 0.717) is 55.3 Å². The second kappa shape index (κ2) is 13.9. The molecule has 11 heteroatoms. The Kier molecular flexibility index (Phi) is 10.1. The lowest BCUT2D eigenvalue weighted by Gasteiger charge is -2.31. The predicted octanol–water partition coefficient (Wildman–Crippen LogP) is 5.03. The standard InChI is InChI=1S/C32H39N7O4/c1-6-38-29-25(28(40)27(31(41)42)30(38)34-16-17-39(20(2)3)21(4)5)13-14-26(37-29)23-9-11-24(12-10-23)36-32(43)35-19-22-8-7-15-33-18-22/h7-15,18,20-21,34H,6,16-17,19H2,1-5H3,(H,41,42)(H2,35,36,43). The molecule has 0 fully saturated rings. The second-order valence-electron chi connectivity index (χ2n) is 10.8. The van der Waals surface area contributed by atoms with Gasteiger partial charge in [0.1, 0.15) is 17.0 Å². The van der Waals surface area contributed by atoms with Crippen LogP contribution in [-0.2, 0) is 13.1 Å². The van der Waals surface area contributed by atoms with E-state index in [-0.39, 0.29) is 22.8 Å². The number of aromatic carboxylic acids is 1. The summed E-state index contributed by atoms with van der Waals surface area (Å²) < 4.78 is 1.75. The molecule has 0 unspecified atom stereocenters. The number of carboxylic acid groups (broad SMARTS) is 1. The highest BCUT2D eigenvalue weighted by atomic mass is 16.4. The number of aryl methyl sites for hydroxylation is 1. The van der Waals surface area contributed by atoms with Gasteiger partial charge in [0.2, 0.25) is 5.43 Å². The molecule has 0 atom stereocenters. The van der Waals surface area contributed by atoms with Gasteiger partial charge in [-0.1, -0.05) is 18.2 Å². The van der Waals surface area contributed by atoms with Crippen LogP contribution < -0.4 is 21.4 Å². The van der Waals surface area contributed by atoms with E-state index in [0.717, 1.165) is 11.1 Å². The van der Waals surface area contributed by atoms with Crippen LogP contribution in [0.5, 0.6) is 0 Å². The van der Waals surface area contributed by atoms with Crippen molar-refractivity contribution in [2.75, 3.05) is 23.7 Å². The topological polar surface area (TPSA) is 141 Å². The van der Waals surface area contributed by atoms with E-state index in [9.17, 15) is 19.5 Å². The lowest BCUT2D eigenvalue weighted by atomic mass is 10.1. The molecule has 1 aromatic carbocycles. The average molecular weight is 586 g/mol. The van der Waals surface area contributed by atoms with Crippen LogP contribution in [-0.4, -0.2) is 61.7 Å². The maximum Gasteiger partial charge on any atom is 0.343 e. The van der Waals surface area contributed by atoms with Gasteiger partial charge < -0.3 is 25.6 Å². The monoisotopic (exact) mass is 585 g/mol. The van der Waals surface area contributed by atoms with Crippen molar-refractivity contribution in [3.63, 3.8) is 0 Å². The van der Waals surface area contributed by atoms with Crippen molar-refractivity contribution >= 4 is 34.5 Å². The van der Waals surface area contributed by atoms with Crippen molar-refractivity contribution in [3.8, 4) is 11.3 Å². The second-order valence-corrected chi connectivity index (χ2v) is 10.8. The molecule has 4 aromatic rings. The molecular formula is C32H39N7O4. The summed E-state index contributed by atoms with van der Waals surface area (Å²) in [7, 11) is 0. The number of nitrogens with zero attached hydrogens (tertiary/aromatic N) is 4. The van der Waals surface area contributed by atoms with Crippen LogP contribution in [0.25, 0.3) is 22.3 Å². The van der Waals surface area contributed by atoms with Crippen LogP contribution in [0, 0.1) is 0 Å². The fraction of sp³-hybridized carbons (Fsp3) is 0.344. The number of carboxylic acids is 1. The molecular weight excluding hydrogens is 546 g/mol. The Balaban J connectivity index is 1.59. The maximum absolute atomic E-state index is 13.4. The van der Waals surface area contributed by atoms with E-state index in [4.69, 9.17) is 4.98 Å². The number of carbonyl (C=O) groups is 2. The van der Waals surface area contributed by atoms with Gasteiger partial charge in [0.25, 0.3) is 0 Å². The Morgan fingerprint density at radius 3 is 2.35 bits per heavy atom. The van der Waals surface area contributed by atoms with E-state index in [1.54, 1.807) is 41.2 Å². The third-order valence-corrected chi connectivity index (χ3v) is 7.24. The van der Waals surface area contributed by atoms with Crippen molar-refractivity contribution in [1.29, 1.82) is 0 Å². The molecule has 0 bridgehead atoms. The van der Waals surface area contributed by atoms with Crippen LogP contribution in [0.3, 0.4) is 0 Å². The molecule has 0 saturated carbocycles. The summed E-state index contributed by atoms with van der Waals surface area (Å²) in [5, 5.41) is 19.1. The summed E-state index contributed by atoms with van der Waals surface area (Å²) in [6.07, 6.45) is 3.37. The largest absolute Gasteiger partial charge is 0.477 e. The van der Waals surface area contributed by atoms with E-state index in [1.165, 1.54) is 0 Å². The van der Waals surface area contributed by atoms with E-state index < -0.39 is 11.4 Å². The number of nitrogens with one attached hydrogen (secondary N) is 3. The third-order valence-electron chi connectivity index (χ3n) is 7.24. The number of benzene rings is 1. The summed E-state index contributed by atoms with van der Waals surface area (Å²) in [6.45, 7) is 12.3. The van der Waals surface area contributed by atoms with Gasteiger partial charge in [-0.15, -0.1) is 0 Å². The number of aromatic nitrogens is 3.